The number of hydrogen-bond donors (Lipinski definition) is 3. The number of ether oxygens (including phenoxy) is 1. The van der Waals surface area contributed by atoms with Crippen LogP contribution in [0.3, 0.4) is 0 Å². The number of nitrogens with two attached hydrogens (primary N) is 1. The van der Waals surface area contributed by atoms with Crippen molar-refractivity contribution in [1.82, 2.24) is 5.32 Å². The molecule has 0 aliphatic carbocycles. The third kappa shape index (κ3) is 4.73. The summed E-state index contributed by atoms with van der Waals surface area (Å²) in [5, 5.41) is 9.88. The van der Waals surface area contributed by atoms with Crippen molar-refractivity contribution in [2.75, 3.05) is 13.7 Å². The van der Waals surface area contributed by atoms with Crippen molar-refractivity contribution in [2.24, 2.45) is 5.73 Å². The summed E-state index contributed by atoms with van der Waals surface area (Å²) < 4.78 is 4.98. The second kappa shape index (κ2) is 4.77. The van der Waals surface area contributed by atoms with Crippen LogP contribution in [-0.4, -0.2) is 25.5 Å². The smallest absolute Gasteiger partial charge is 0.0687 e. The molecule has 0 spiro atoms. The summed E-state index contributed by atoms with van der Waals surface area (Å²) in [4.78, 5) is 0. The molecule has 0 unspecified atom stereocenters. The molecule has 0 atom stereocenters. The average molecular weight is 171 g/mol. The van der Waals surface area contributed by atoms with E-state index in [1.807, 2.05) is 13.8 Å². The molecule has 0 heterocycles. The minimum atomic E-state index is -0.150. The average Bonchev–Trinajstić information content (AvgIpc) is 2.00. The molecular formula is C8H17N3O. The van der Waals surface area contributed by atoms with Gasteiger partial charge in [0.2, 0.25) is 0 Å². The van der Waals surface area contributed by atoms with Gasteiger partial charge >= 0.3 is 0 Å². The number of hydrogen-bond acceptors (Lipinski definition) is 4. The van der Waals surface area contributed by atoms with Gasteiger partial charge in [0.15, 0.2) is 0 Å². The number of rotatable bonds is 5. The largest absolute Gasteiger partial charge is 0.396 e. The second-order valence-electron chi connectivity index (χ2n) is 3.25. The highest BCUT2D eigenvalue weighted by Crippen LogP contribution is 2.01. The molecule has 4 heteroatoms. The van der Waals surface area contributed by atoms with E-state index in [2.05, 4.69) is 5.32 Å². The first-order valence-electron chi connectivity index (χ1n) is 3.74. The zero-order chi connectivity index (χ0) is 9.61. The van der Waals surface area contributed by atoms with Crippen molar-refractivity contribution in [3.63, 3.8) is 0 Å². The third-order valence-corrected chi connectivity index (χ3v) is 1.30. The van der Waals surface area contributed by atoms with Gasteiger partial charge in [-0.3, -0.25) is 0 Å². The number of nitrogens with one attached hydrogen (secondary N) is 2. The highest BCUT2D eigenvalue weighted by Gasteiger charge is 2.14. The maximum absolute atomic E-state index is 6.83. The Morgan fingerprint density at radius 3 is 2.67 bits per heavy atom. The molecule has 4 N–H and O–H groups in total. The van der Waals surface area contributed by atoms with Gasteiger partial charge in [0.1, 0.15) is 0 Å². The minimum absolute atomic E-state index is 0.150. The van der Waals surface area contributed by atoms with Crippen LogP contribution >= 0.6 is 0 Å². The lowest BCUT2D eigenvalue weighted by molar-refractivity contribution is 0.136. The molecule has 0 saturated heterocycles. The van der Waals surface area contributed by atoms with E-state index >= 15 is 0 Å². The Morgan fingerprint density at radius 1 is 1.67 bits per heavy atom. The summed E-state index contributed by atoms with van der Waals surface area (Å²) in [5.74, 6) is 0. The highest BCUT2D eigenvalue weighted by molar-refractivity contribution is 5.73. The van der Waals surface area contributed by atoms with Gasteiger partial charge in [-0.2, -0.15) is 0 Å². The Kier molecular flexibility index (Phi) is 4.36. The lowest BCUT2D eigenvalue weighted by Gasteiger charge is -2.24. The van der Waals surface area contributed by atoms with E-state index in [-0.39, 0.29) is 5.54 Å². The molecule has 12 heavy (non-hydrogen) atoms. The van der Waals surface area contributed by atoms with E-state index in [1.54, 1.807) is 13.3 Å². The maximum atomic E-state index is 6.83. The van der Waals surface area contributed by atoms with Gasteiger partial charge in [-0.25, -0.2) is 0 Å². The van der Waals surface area contributed by atoms with Gasteiger partial charge < -0.3 is 21.2 Å². The fourth-order valence-electron chi connectivity index (χ4n) is 0.723. The van der Waals surface area contributed by atoms with Crippen LogP contribution in [-0.2, 0) is 4.74 Å². The Labute approximate surface area is 73.3 Å². The third-order valence-electron chi connectivity index (χ3n) is 1.30. The molecule has 70 valence electrons. The molecule has 0 saturated carbocycles. The standard InChI is InChI=1S/C8H17N3O/c1-8(2,6-12-3)11-5-7(10)4-9/h4-5,9,11H,6,10H2,1-3H3/b7-5+,9-4?. The molecule has 0 aromatic heterocycles. The molecule has 4 nitrogen and oxygen atoms in total. The lowest BCUT2D eigenvalue weighted by Crippen LogP contribution is -2.40. The zero-order valence-electron chi connectivity index (χ0n) is 7.85. The predicted molar refractivity (Wildman–Crippen MR) is 50.1 cm³/mol. The van der Waals surface area contributed by atoms with Crippen LogP contribution in [0.25, 0.3) is 0 Å². The van der Waals surface area contributed by atoms with E-state index < -0.39 is 0 Å². The van der Waals surface area contributed by atoms with Crippen molar-refractivity contribution >= 4 is 6.21 Å². The van der Waals surface area contributed by atoms with Crippen LogP contribution in [0.1, 0.15) is 13.8 Å². The Morgan fingerprint density at radius 2 is 2.25 bits per heavy atom. The molecule has 0 bridgehead atoms. The van der Waals surface area contributed by atoms with Gasteiger partial charge in [0.05, 0.1) is 17.8 Å². The fourth-order valence-corrected chi connectivity index (χ4v) is 0.723. The van der Waals surface area contributed by atoms with E-state index in [0.717, 1.165) is 6.21 Å². The summed E-state index contributed by atoms with van der Waals surface area (Å²) in [7, 11) is 1.65. The molecular weight excluding hydrogens is 154 g/mol. The minimum Gasteiger partial charge on any atom is -0.396 e. The van der Waals surface area contributed by atoms with Crippen molar-refractivity contribution in [3.8, 4) is 0 Å². The number of methoxy groups -OCH3 is 1. The summed E-state index contributed by atoms with van der Waals surface area (Å²) in [6.45, 7) is 4.57. The molecule has 0 radical (unpaired) electrons. The van der Waals surface area contributed by atoms with Crippen molar-refractivity contribution in [3.05, 3.63) is 11.9 Å². The zero-order valence-corrected chi connectivity index (χ0v) is 7.85. The first kappa shape index (κ1) is 11.0. The van der Waals surface area contributed by atoms with Crippen LogP contribution in [0.4, 0.5) is 0 Å². The van der Waals surface area contributed by atoms with Crippen molar-refractivity contribution in [1.29, 1.82) is 5.41 Å². The molecule has 0 aromatic rings. The summed E-state index contributed by atoms with van der Waals surface area (Å²) >= 11 is 0. The van der Waals surface area contributed by atoms with Gasteiger partial charge in [0, 0.05) is 19.5 Å². The fraction of sp³-hybridized carbons (Fsp3) is 0.625. The predicted octanol–water partition coefficient (Wildman–Crippen LogP) is 0.451. The summed E-state index contributed by atoms with van der Waals surface area (Å²) in [5.41, 5.74) is 5.64. The first-order valence-corrected chi connectivity index (χ1v) is 3.74. The van der Waals surface area contributed by atoms with E-state index in [1.165, 1.54) is 0 Å². The van der Waals surface area contributed by atoms with Gasteiger partial charge in [-0.05, 0) is 13.8 Å². The molecule has 0 fully saturated rings. The number of allylic oxidation sites excluding steroid dienone is 1. The SMILES string of the molecule is COCC(C)(C)N/C=C(/N)C=N. The van der Waals surface area contributed by atoms with Crippen LogP contribution in [0, 0.1) is 5.41 Å². The first-order chi connectivity index (χ1) is 5.52. The quantitative estimate of drug-likeness (QED) is 0.526. The molecule has 0 aromatic carbocycles. The molecule has 0 amide bonds. The van der Waals surface area contributed by atoms with Gasteiger partial charge in [-0.15, -0.1) is 0 Å². The normalized spacial score (nSPS) is 12.8. The summed E-state index contributed by atoms with van der Waals surface area (Å²) in [6, 6.07) is 0. The Hall–Kier alpha value is -1.03. The highest BCUT2D eigenvalue weighted by atomic mass is 16.5. The van der Waals surface area contributed by atoms with Crippen molar-refractivity contribution < 1.29 is 4.74 Å². The maximum Gasteiger partial charge on any atom is 0.0687 e. The van der Waals surface area contributed by atoms with Gasteiger partial charge in [-0.1, -0.05) is 0 Å². The van der Waals surface area contributed by atoms with E-state index in [0.29, 0.717) is 12.3 Å². The van der Waals surface area contributed by atoms with E-state index in [4.69, 9.17) is 15.9 Å². The molecule has 0 aliphatic rings. The topological polar surface area (TPSA) is 71.1 Å². The molecule has 0 aliphatic heterocycles. The van der Waals surface area contributed by atoms with Gasteiger partial charge in [0.25, 0.3) is 0 Å². The molecule has 0 rings (SSSR count). The van der Waals surface area contributed by atoms with Crippen LogP contribution in [0.2, 0.25) is 0 Å². The monoisotopic (exact) mass is 171 g/mol. The van der Waals surface area contributed by atoms with Crippen LogP contribution in [0.5, 0.6) is 0 Å². The lowest BCUT2D eigenvalue weighted by atomic mass is 10.1. The van der Waals surface area contributed by atoms with Crippen LogP contribution in [0.15, 0.2) is 11.9 Å². The van der Waals surface area contributed by atoms with E-state index in [9.17, 15) is 0 Å². The second-order valence-corrected chi connectivity index (χ2v) is 3.25. The summed E-state index contributed by atoms with van der Waals surface area (Å²) in [6.07, 6.45) is 2.70. The Balaban J connectivity index is 3.97. The van der Waals surface area contributed by atoms with Crippen LogP contribution < -0.4 is 11.1 Å². The Bertz CT molecular complexity index is 175. The van der Waals surface area contributed by atoms with Crippen molar-refractivity contribution in [2.45, 2.75) is 19.4 Å².